The van der Waals surface area contributed by atoms with Crippen LogP contribution in [0, 0.1) is 0 Å². The predicted octanol–water partition coefficient (Wildman–Crippen LogP) is -0.488. The molecule has 0 amide bonds. The van der Waals surface area contributed by atoms with E-state index in [2.05, 4.69) is 9.47 Å². The van der Waals surface area contributed by atoms with Gasteiger partial charge < -0.3 is 14.6 Å². The topological polar surface area (TPSA) is 89.9 Å². The molecule has 1 N–H and O–H groups in total. The molecule has 0 spiro atoms. The molecule has 0 aromatic heterocycles. The molecule has 0 saturated carbocycles. The summed E-state index contributed by atoms with van der Waals surface area (Å²) >= 11 is 0. The Bertz CT molecular complexity index is 201. The number of methoxy groups -OCH3 is 1. The standard InChI is InChI=1S/C6H8O6.Na.H/c1-11-4(7)2-3-5(8)12-6(9)10;;/h2-3H2,1H3,(H,9,10);;. The summed E-state index contributed by atoms with van der Waals surface area (Å²) in [5.74, 6) is -1.55. The number of hydrogen-bond donors (Lipinski definition) is 1. The molecule has 0 atom stereocenters. The minimum absolute atomic E-state index is 0. The van der Waals surface area contributed by atoms with Gasteiger partial charge in [0, 0.05) is 0 Å². The average Bonchev–Trinajstić information content (AvgIpc) is 1.99. The van der Waals surface area contributed by atoms with Crippen molar-refractivity contribution >= 4 is 47.7 Å². The van der Waals surface area contributed by atoms with Gasteiger partial charge in [-0.15, -0.1) is 0 Å². The Balaban J connectivity index is 0. The molecule has 0 radical (unpaired) electrons. The second-order valence-corrected chi connectivity index (χ2v) is 1.82. The van der Waals surface area contributed by atoms with E-state index in [0.717, 1.165) is 0 Å². The fraction of sp³-hybridized carbons (Fsp3) is 0.500. The van der Waals surface area contributed by atoms with Crippen molar-refractivity contribution in [3.63, 3.8) is 0 Å². The quantitative estimate of drug-likeness (QED) is 0.375. The number of carbonyl (C=O) groups excluding carboxylic acids is 2. The SMILES string of the molecule is COC(=O)CCC(=O)OC(=O)O.[NaH]. The van der Waals surface area contributed by atoms with Gasteiger partial charge >= 0.3 is 47.7 Å². The zero-order valence-electron chi connectivity index (χ0n) is 6.40. The summed E-state index contributed by atoms with van der Waals surface area (Å²) in [4.78, 5) is 30.7. The van der Waals surface area contributed by atoms with Crippen molar-refractivity contribution in [1.82, 2.24) is 0 Å². The molecule has 70 valence electrons. The summed E-state index contributed by atoms with van der Waals surface area (Å²) in [6, 6.07) is 0. The van der Waals surface area contributed by atoms with Crippen molar-refractivity contribution in [2.24, 2.45) is 0 Å². The second kappa shape index (κ2) is 8.03. The molecule has 0 aliphatic carbocycles. The third-order valence-corrected chi connectivity index (χ3v) is 0.962. The maximum absolute atomic E-state index is 10.5. The fourth-order valence-corrected chi connectivity index (χ4v) is 0.455. The van der Waals surface area contributed by atoms with Crippen LogP contribution in [0.15, 0.2) is 0 Å². The molecular formula is C6H9NaO6. The summed E-state index contributed by atoms with van der Waals surface area (Å²) in [5, 5.41) is 7.95. The van der Waals surface area contributed by atoms with E-state index in [9.17, 15) is 14.4 Å². The van der Waals surface area contributed by atoms with Crippen LogP contribution in [0.3, 0.4) is 0 Å². The van der Waals surface area contributed by atoms with Gasteiger partial charge in [-0.25, -0.2) is 4.79 Å². The van der Waals surface area contributed by atoms with Crippen LogP contribution in [-0.2, 0) is 19.1 Å². The number of ether oxygens (including phenoxy) is 2. The molecule has 7 heteroatoms. The van der Waals surface area contributed by atoms with Gasteiger partial charge in [-0.3, -0.25) is 9.59 Å². The van der Waals surface area contributed by atoms with Crippen molar-refractivity contribution in [2.45, 2.75) is 12.8 Å². The van der Waals surface area contributed by atoms with Crippen LogP contribution < -0.4 is 0 Å². The van der Waals surface area contributed by atoms with E-state index in [1.165, 1.54) is 7.11 Å². The van der Waals surface area contributed by atoms with E-state index in [1.807, 2.05) is 0 Å². The summed E-state index contributed by atoms with van der Waals surface area (Å²) in [5.41, 5.74) is 0. The molecule has 0 aliphatic heterocycles. The fourth-order valence-electron chi connectivity index (χ4n) is 0.455. The Labute approximate surface area is 96.5 Å². The average molecular weight is 200 g/mol. The van der Waals surface area contributed by atoms with Crippen molar-refractivity contribution in [3.8, 4) is 0 Å². The van der Waals surface area contributed by atoms with E-state index in [4.69, 9.17) is 5.11 Å². The van der Waals surface area contributed by atoms with Gasteiger partial charge in [0.05, 0.1) is 20.0 Å². The minimum atomic E-state index is -1.68. The first kappa shape index (κ1) is 14.9. The van der Waals surface area contributed by atoms with Gasteiger partial charge in [-0.1, -0.05) is 0 Å². The third kappa shape index (κ3) is 9.32. The molecule has 13 heavy (non-hydrogen) atoms. The molecule has 0 unspecified atom stereocenters. The van der Waals surface area contributed by atoms with Gasteiger partial charge in [0.15, 0.2) is 0 Å². The number of carboxylic acid groups (broad SMARTS) is 1. The molecule has 0 aromatic rings. The Hall–Kier alpha value is -0.590. The normalized spacial score (nSPS) is 8.08. The van der Waals surface area contributed by atoms with Gasteiger partial charge in [0.25, 0.3) is 0 Å². The number of hydrogen-bond acceptors (Lipinski definition) is 5. The number of rotatable bonds is 3. The van der Waals surface area contributed by atoms with Crippen molar-refractivity contribution in [3.05, 3.63) is 0 Å². The van der Waals surface area contributed by atoms with Gasteiger partial charge in [-0.2, -0.15) is 0 Å². The second-order valence-electron chi connectivity index (χ2n) is 1.82. The van der Waals surface area contributed by atoms with E-state index >= 15 is 0 Å². The molecule has 6 nitrogen and oxygen atoms in total. The molecule has 0 aliphatic rings. The zero-order valence-corrected chi connectivity index (χ0v) is 6.40. The zero-order chi connectivity index (χ0) is 9.56. The van der Waals surface area contributed by atoms with Crippen LogP contribution in [0.5, 0.6) is 0 Å². The van der Waals surface area contributed by atoms with Gasteiger partial charge in [0.1, 0.15) is 0 Å². The molecule has 0 bridgehead atoms. The number of esters is 2. The molecular weight excluding hydrogens is 191 g/mol. The Morgan fingerprint density at radius 3 is 2.00 bits per heavy atom. The van der Waals surface area contributed by atoms with Crippen LogP contribution in [-0.4, -0.2) is 59.9 Å². The number of carbonyl (C=O) groups is 3. The molecule has 0 aromatic carbocycles. The van der Waals surface area contributed by atoms with E-state index in [1.54, 1.807) is 0 Å². The van der Waals surface area contributed by atoms with Crippen molar-refractivity contribution in [2.75, 3.05) is 7.11 Å². The maximum atomic E-state index is 10.5. The first-order valence-corrected chi connectivity index (χ1v) is 3.06. The predicted molar refractivity (Wildman–Crippen MR) is 42.5 cm³/mol. The van der Waals surface area contributed by atoms with Crippen LogP contribution >= 0.6 is 0 Å². The monoisotopic (exact) mass is 200 g/mol. The Morgan fingerprint density at radius 1 is 1.15 bits per heavy atom. The molecule has 0 heterocycles. The molecule has 0 rings (SSSR count). The van der Waals surface area contributed by atoms with Crippen LogP contribution in [0.1, 0.15) is 12.8 Å². The van der Waals surface area contributed by atoms with Crippen molar-refractivity contribution < 1.29 is 29.0 Å². The summed E-state index contributed by atoms with van der Waals surface area (Å²) in [7, 11) is 1.17. The molecule has 0 saturated heterocycles. The summed E-state index contributed by atoms with van der Waals surface area (Å²) in [6.45, 7) is 0. The Kier molecular flexibility index (Phi) is 9.21. The summed E-state index contributed by atoms with van der Waals surface area (Å²) in [6.07, 6.45) is -2.15. The Morgan fingerprint density at radius 2 is 1.62 bits per heavy atom. The van der Waals surface area contributed by atoms with Crippen molar-refractivity contribution in [1.29, 1.82) is 0 Å². The van der Waals surface area contributed by atoms with Crippen LogP contribution in [0.2, 0.25) is 0 Å². The van der Waals surface area contributed by atoms with E-state index < -0.39 is 18.1 Å². The summed E-state index contributed by atoms with van der Waals surface area (Å²) < 4.78 is 7.93. The first-order valence-electron chi connectivity index (χ1n) is 3.06. The van der Waals surface area contributed by atoms with E-state index in [0.29, 0.717) is 0 Å². The van der Waals surface area contributed by atoms with Gasteiger partial charge in [0.2, 0.25) is 0 Å². The van der Waals surface area contributed by atoms with Gasteiger partial charge in [-0.05, 0) is 0 Å². The third-order valence-electron chi connectivity index (χ3n) is 0.962. The first-order chi connectivity index (χ1) is 5.56. The molecule has 0 fully saturated rings. The van der Waals surface area contributed by atoms with E-state index in [-0.39, 0.29) is 42.4 Å². The van der Waals surface area contributed by atoms with Crippen LogP contribution in [0.4, 0.5) is 4.79 Å². The van der Waals surface area contributed by atoms with Crippen LogP contribution in [0.25, 0.3) is 0 Å².